The number of para-hydroxylation sites is 1. The van der Waals surface area contributed by atoms with Crippen molar-refractivity contribution in [2.45, 2.75) is 6.92 Å². The number of benzene rings is 2. The van der Waals surface area contributed by atoms with Crippen LogP contribution in [0.1, 0.15) is 11.3 Å². The van der Waals surface area contributed by atoms with Gasteiger partial charge in [0, 0.05) is 7.05 Å². The van der Waals surface area contributed by atoms with Gasteiger partial charge in [-0.3, -0.25) is 14.3 Å². The van der Waals surface area contributed by atoms with Crippen molar-refractivity contribution in [2.75, 3.05) is 12.4 Å². The van der Waals surface area contributed by atoms with Crippen LogP contribution < -0.4 is 15.6 Å². The van der Waals surface area contributed by atoms with Crippen molar-refractivity contribution in [1.82, 2.24) is 9.36 Å². The average Bonchev–Trinajstić information content (AvgIpc) is 2.95. The number of halogens is 1. The van der Waals surface area contributed by atoms with Crippen molar-refractivity contribution >= 4 is 33.6 Å². The normalized spacial score (nSPS) is 11.1. The van der Waals surface area contributed by atoms with E-state index in [-0.39, 0.29) is 16.8 Å². The molecule has 0 saturated heterocycles. The fourth-order valence-electron chi connectivity index (χ4n) is 2.98. The second-order valence-corrected chi connectivity index (χ2v) is 7.31. The number of hydrogen-bond acceptors (Lipinski definition) is 4. The smallest absolute Gasteiger partial charge is 0.295 e. The standard InChI is InChI=1S/C22H19BrN4O3/c1-14-20(22(29)27(26(14)2)17-7-5-4-6-8-17)25-21(28)16(13-24)11-15-9-10-19(30-3)18(23)12-15/h4-12H,1-3H3,(H,25,28)/b16-11+. The molecule has 1 aromatic heterocycles. The van der Waals surface area contributed by atoms with Gasteiger partial charge in [-0.05, 0) is 58.8 Å². The van der Waals surface area contributed by atoms with E-state index in [1.165, 1.54) is 10.8 Å². The summed E-state index contributed by atoms with van der Waals surface area (Å²) in [5.74, 6) is -0.0214. The van der Waals surface area contributed by atoms with Gasteiger partial charge in [-0.25, -0.2) is 4.68 Å². The quantitative estimate of drug-likeness (QED) is 0.457. The highest BCUT2D eigenvalue weighted by Gasteiger charge is 2.20. The third-order valence-corrected chi connectivity index (χ3v) is 5.26. The van der Waals surface area contributed by atoms with Gasteiger partial charge in [0.15, 0.2) is 0 Å². The summed E-state index contributed by atoms with van der Waals surface area (Å²) >= 11 is 3.38. The molecule has 1 N–H and O–H groups in total. The second-order valence-electron chi connectivity index (χ2n) is 6.45. The molecule has 7 nitrogen and oxygen atoms in total. The molecule has 0 spiro atoms. The Hall–Kier alpha value is -3.57. The maximum atomic E-state index is 12.9. The van der Waals surface area contributed by atoms with Crippen molar-refractivity contribution in [2.24, 2.45) is 7.05 Å². The lowest BCUT2D eigenvalue weighted by Gasteiger charge is -2.07. The predicted molar refractivity (Wildman–Crippen MR) is 119 cm³/mol. The van der Waals surface area contributed by atoms with Crippen LogP contribution in [0.2, 0.25) is 0 Å². The molecule has 1 amide bonds. The van der Waals surface area contributed by atoms with Crippen molar-refractivity contribution < 1.29 is 9.53 Å². The van der Waals surface area contributed by atoms with Crippen molar-refractivity contribution in [3.63, 3.8) is 0 Å². The molecule has 2 aromatic carbocycles. The van der Waals surface area contributed by atoms with E-state index in [4.69, 9.17) is 4.74 Å². The van der Waals surface area contributed by atoms with E-state index in [9.17, 15) is 14.9 Å². The second kappa shape index (κ2) is 8.84. The minimum Gasteiger partial charge on any atom is -0.496 e. The van der Waals surface area contributed by atoms with Crippen molar-refractivity contribution in [3.8, 4) is 17.5 Å². The van der Waals surface area contributed by atoms with Crippen LogP contribution >= 0.6 is 15.9 Å². The van der Waals surface area contributed by atoms with E-state index in [1.54, 1.807) is 56.1 Å². The number of methoxy groups -OCH3 is 1. The van der Waals surface area contributed by atoms with Gasteiger partial charge in [-0.2, -0.15) is 5.26 Å². The number of rotatable bonds is 5. The van der Waals surface area contributed by atoms with Crippen molar-refractivity contribution in [3.05, 3.63) is 80.2 Å². The van der Waals surface area contributed by atoms with Crippen LogP contribution in [0.5, 0.6) is 5.75 Å². The molecule has 0 radical (unpaired) electrons. The van der Waals surface area contributed by atoms with E-state index in [0.29, 0.717) is 27.2 Å². The Balaban J connectivity index is 1.94. The summed E-state index contributed by atoms with van der Waals surface area (Å²) in [5.41, 5.74) is 1.51. The van der Waals surface area contributed by atoms with Gasteiger partial charge in [0.1, 0.15) is 23.1 Å². The molecule has 30 heavy (non-hydrogen) atoms. The largest absolute Gasteiger partial charge is 0.496 e. The Morgan fingerprint density at radius 3 is 2.53 bits per heavy atom. The number of nitrogens with zero attached hydrogens (tertiary/aromatic N) is 3. The number of nitriles is 1. The van der Waals surface area contributed by atoms with E-state index in [1.807, 2.05) is 24.3 Å². The highest BCUT2D eigenvalue weighted by Crippen LogP contribution is 2.26. The highest BCUT2D eigenvalue weighted by molar-refractivity contribution is 9.10. The first-order chi connectivity index (χ1) is 14.4. The summed E-state index contributed by atoms with van der Waals surface area (Å²) < 4.78 is 8.99. The zero-order valence-corrected chi connectivity index (χ0v) is 18.2. The van der Waals surface area contributed by atoms with Crippen LogP contribution in [0.3, 0.4) is 0 Å². The number of anilines is 1. The fourth-order valence-corrected chi connectivity index (χ4v) is 3.54. The fraction of sp³-hybridized carbons (Fsp3) is 0.136. The Morgan fingerprint density at radius 2 is 1.93 bits per heavy atom. The average molecular weight is 467 g/mol. The molecule has 152 valence electrons. The van der Waals surface area contributed by atoms with Gasteiger partial charge >= 0.3 is 0 Å². The van der Waals surface area contributed by atoms with Gasteiger partial charge in [0.2, 0.25) is 0 Å². The minimum atomic E-state index is -0.657. The Labute approximate surface area is 181 Å². The summed E-state index contributed by atoms with van der Waals surface area (Å²) in [6.07, 6.45) is 1.45. The molecule has 0 aliphatic rings. The first kappa shape index (κ1) is 21.1. The van der Waals surface area contributed by atoms with Crippen LogP contribution in [-0.2, 0) is 11.8 Å². The number of hydrogen-bond donors (Lipinski definition) is 1. The molecule has 0 bridgehead atoms. The Morgan fingerprint density at radius 1 is 1.23 bits per heavy atom. The molecule has 0 fully saturated rings. The zero-order valence-electron chi connectivity index (χ0n) is 16.6. The molecular formula is C22H19BrN4O3. The number of nitrogens with one attached hydrogen (secondary N) is 1. The topological polar surface area (TPSA) is 89.0 Å². The van der Waals surface area contributed by atoms with Crippen LogP contribution in [0.15, 0.2) is 63.4 Å². The van der Waals surface area contributed by atoms with Gasteiger partial charge < -0.3 is 10.1 Å². The van der Waals surface area contributed by atoms with E-state index in [0.717, 1.165) is 0 Å². The molecule has 3 aromatic rings. The highest BCUT2D eigenvalue weighted by atomic mass is 79.9. The molecule has 0 aliphatic heterocycles. The maximum absolute atomic E-state index is 12.9. The van der Waals surface area contributed by atoms with Gasteiger partial charge in [0.05, 0.1) is 23.0 Å². The lowest BCUT2D eigenvalue weighted by molar-refractivity contribution is -0.112. The Kier molecular flexibility index (Phi) is 6.23. The SMILES string of the molecule is COc1ccc(/C=C(\C#N)C(=O)Nc2c(C)n(C)n(-c3ccccc3)c2=O)cc1Br. The van der Waals surface area contributed by atoms with Crippen molar-refractivity contribution in [1.29, 1.82) is 5.26 Å². The van der Waals surface area contributed by atoms with Crippen LogP contribution in [0, 0.1) is 18.3 Å². The zero-order chi connectivity index (χ0) is 21.8. The lowest BCUT2D eigenvalue weighted by Crippen LogP contribution is -2.23. The van der Waals surface area contributed by atoms with Crippen LogP contribution in [0.4, 0.5) is 5.69 Å². The molecule has 8 heteroatoms. The third-order valence-electron chi connectivity index (χ3n) is 4.64. The van der Waals surface area contributed by atoms with E-state index in [2.05, 4.69) is 21.2 Å². The summed E-state index contributed by atoms with van der Waals surface area (Å²) in [6, 6.07) is 16.2. The van der Waals surface area contributed by atoms with Crippen LogP contribution in [-0.4, -0.2) is 22.4 Å². The molecule has 0 saturated carbocycles. The summed E-state index contributed by atoms with van der Waals surface area (Å²) in [6.45, 7) is 1.73. The third kappa shape index (κ3) is 4.07. The predicted octanol–water partition coefficient (Wildman–Crippen LogP) is 3.80. The lowest BCUT2D eigenvalue weighted by atomic mass is 10.1. The monoisotopic (exact) mass is 466 g/mol. The summed E-state index contributed by atoms with van der Waals surface area (Å²) in [4.78, 5) is 25.7. The van der Waals surface area contributed by atoms with E-state index >= 15 is 0 Å². The van der Waals surface area contributed by atoms with Gasteiger partial charge in [-0.15, -0.1) is 0 Å². The van der Waals surface area contributed by atoms with E-state index < -0.39 is 5.91 Å². The Bertz CT molecular complexity index is 1230. The van der Waals surface area contributed by atoms with Gasteiger partial charge in [-0.1, -0.05) is 24.3 Å². The minimum absolute atomic E-state index is 0.124. The van der Waals surface area contributed by atoms with Gasteiger partial charge in [0.25, 0.3) is 11.5 Å². The molecular weight excluding hydrogens is 448 g/mol. The number of carbonyl (C=O) groups is 1. The number of amides is 1. The first-order valence-electron chi connectivity index (χ1n) is 8.98. The number of carbonyl (C=O) groups excluding carboxylic acids is 1. The summed E-state index contributed by atoms with van der Waals surface area (Å²) in [5, 5.41) is 12.1. The molecule has 0 unspecified atom stereocenters. The van der Waals surface area contributed by atoms with Crippen LogP contribution in [0.25, 0.3) is 11.8 Å². The number of aromatic nitrogens is 2. The number of ether oxygens (including phenoxy) is 1. The molecule has 1 heterocycles. The molecule has 0 aliphatic carbocycles. The summed E-state index contributed by atoms with van der Waals surface area (Å²) in [7, 11) is 3.28. The maximum Gasteiger partial charge on any atom is 0.295 e. The molecule has 3 rings (SSSR count). The first-order valence-corrected chi connectivity index (χ1v) is 9.77. The molecule has 0 atom stereocenters.